The molecular weight excluding hydrogens is 285 g/mol. The second-order valence-electron chi connectivity index (χ2n) is 3.47. The van der Waals surface area contributed by atoms with Gasteiger partial charge in [0.15, 0.2) is 0 Å². The largest absolute Gasteiger partial charge is 0.322 e. The first-order valence-corrected chi connectivity index (χ1v) is 5.77. The highest BCUT2D eigenvalue weighted by atomic mass is 79.9. The Morgan fingerprint density at radius 2 is 1.82 bits per heavy atom. The minimum atomic E-state index is -0.376. The number of carbonyl (C=O) groups is 1. The molecular formula is C13H9BrFNO. The summed E-state index contributed by atoms with van der Waals surface area (Å²) in [5, 5.41) is 2.62. The van der Waals surface area contributed by atoms with Gasteiger partial charge in [-0.25, -0.2) is 4.39 Å². The molecule has 2 rings (SSSR count). The van der Waals surface area contributed by atoms with Gasteiger partial charge >= 0.3 is 0 Å². The highest BCUT2D eigenvalue weighted by Gasteiger charge is 2.05. The first-order chi connectivity index (χ1) is 8.15. The molecule has 0 spiro atoms. The van der Waals surface area contributed by atoms with Crippen LogP contribution in [0.15, 0.2) is 53.0 Å². The standard InChI is InChI=1S/C13H9BrFNO/c14-10-6-4-9(5-7-10)13(17)16-12-3-1-2-11(15)8-12/h1-8H,(H,16,17). The summed E-state index contributed by atoms with van der Waals surface area (Å²) >= 11 is 3.29. The number of hydrogen-bond donors (Lipinski definition) is 1. The van der Waals surface area contributed by atoms with Gasteiger partial charge in [0.1, 0.15) is 5.82 Å². The van der Waals surface area contributed by atoms with E-state index in [1.807, 2.05) is 0 Å². The van der Waals surface area contributed by atoms with Crippen LogP contribution in [0, 0.1) is 5.82 Å². The van der Waals surface area contributed by atoms with Crippen molar-refractivity contribution in [2.45, 2.75) is 0 Å². The van der Waals surface area contributed by atoms with Crippen LogP contribution in [0.3, 0.4) is 0 Å². The van der Waals surface area contributed by atoms with Crippen LogP contribution in [0.2, 0.25) is 0 Å². The lowest BCUT2D eigenvalue weighted by molar-refractivity contribution is 0.102. The van der Waals surface area contributed by atoms with Crippen molar-refractivity contribution in [3.05, 3.63) is 64.4 Å². The van der Waals surface area contributed by atoms with Crippen LogP contribution in [0.4, 0.5) is 10.1 Å². The van der Waals surface area contributed by atoms with Crippen LogP contribution in [0.1, 0.15) is 10.4 Å². The van der Waals surface area contributed by atoms with Gasteiger partial charge in [-0.3, -0.25) is 4.79 Å². The Labute approximate surface area is 107 Å². The van der Waals surface area contributed by atoms with E-state index < -0.39 is 0 Å². The fourth-order valence-corrected chi connectivity index (χ4v) is 1.64. The molecule has 0 aromatic heterocycles. The number of benzene rings is 2. The van der Waals surface area contributed by atoms with E-state index >= 15 is 0 Å². The minimum Gasteiger partial charge on any atom is -0.322 e. The first kappa shape index (κ1) is 11.8. The Kier molecular flexibility index (Phi) is 3.54. The Morgan fingerprint density at radius 3 is 2.47 bits per heavy atom. The van der Waals surface area contributed by atoms with Gasteiger partial charge in [0, 0.05) is 15.7 Å². The zero-order valence-corrected chi connectivity index (χ0v) is 10.4. The lowest BCUT2D eigenvalue weighted by atomic mass is 10.2. The molecule has 86 valence electrons. The molecule has 1 amide bonds. The van der Waals surface area contributed by atoms with Gasteiger partial charge < -0.3 is 5.32 Å². The van der Waals surface area contributed by atoms with Crippen molar-refractivity contribution in [2.75, 3.05) is 5.32 Å². The van der Waals surface area contributed by atoms with Crippen LogP contribution in [0.5, 0.6) is 0 Å². The molecule has 0 saturated heterocycles. The molecule has 0 saturated carbocycles. The summed E-state index contributed by atoms with van der Waals surface area (Å²) in [5.41, 5.74) is 0.968. The van der Waals surface area contributed by atoms with E-state index in [2.05, 4.69) is 21.2 Å². The molecule has 0 aliphatic heterocycles. The minimum absolute atomic E-state index is 0.261. The fraction of sp³-hybridized carbons (Fsp3) is 0. The van der Waals surface area contributed by atoms with E-state index in [1.54, 1.807) is 36.4 Å². The summed E-state index contributed by atoms with van der Waals surface area (Å²) in [5.74, 6) is -0.637. The third-order valence-corrected chi connectivity index (χ3v) is 2.72. The van der Waals surface area contributed by atoms with E-state index in [4.69, 9.17) is 0 Å². The first-order valence-electron chi connectivity index (χ1n) is 4.97. The van der Waals surface area contributed by atoms with E-state index in [1.165, 1.54) is 12.1 Å². The quantitative estimate of drug-likeness (QED) is 0.895. The highest BCUT2D eigenvalue weighted by molar-refractivity contribution is 9.10. The number of anilines is 1. The topological polar surface area (TPSA) is 29.1 Å². The van der Waals surface area contributed by atoms with E-state index in [0.717, 1.165) is 4.47 Å². The molecule has 0 bridgehead atoms. The van der Waals surface area contributed by atoms with Crippen molar-refractivity contribution in [2.24, 2.45) is 0 Å². The van der Waals surface area contributed by atoms with Gasteiger partial charge in [0.2, 0.25) is 0 Å². The molecule has 4 heteroatoms. The van der Waals surface area contributed by atoms with Crippen molar-refractivity contribution in [1.82, 2.24) is 0 Å². The Hall–Kier alpha value is -1.68. The monoisotopic (exact) mass is 293 g/mol. The lowest BCUT2D eigenvalue weighted by Crippen LogP contribution is -2.11. The van der Waals surface area contributed by atoms with Gasteiger partial charge in [0.05, 0.1) is 0 Å². The van der Waals surface area contributed by atoms with Crippen molar-refractivity contribution in [1.29, 1.82) is 0 Å². The highest BCUT2D eigenvalue weighted by Crippen LogP contribution is 2.13. The second-order valence-corrected chi connectivity index (χ2v) is 4.39. The molecule has 1 N–H and O–H groups in total. The Balaban J connectivity index is 2.14. The van der Waals surface area contributed by atoms with Gasteiger partial charge in [-0.1, -0.05) is 22.0 Å². The van der Waals surface area contributed by atoms with E-state index in [-0.39, 0.29) is 11.7 Å². The molecule has 17 heavy (non-hydrogen) atoms. The van der Waals surface area contributed by atoms with Crippen LogP contribution in [-0.2, 0) is 0 Å². The van der Waals surface area contributed by atoms with Crippen molar-refractivity contribution < 1.29 is 9.18 Å². The Bertz CT molecular complexity index is 539. The smallest absolute Gasteiger partial charge is 0.255 e. The number of halogens is 2. The zero-order chi connectivity index (χ0) is 12.3. The van der Waals surface area contributed by atoms with Crippen LogP contribution in [0.25, 0.3) is 0 Å². The predicted molar refractivity (Wildman–Crippen MR) is 68.5 cm³/mol. The summed E-state index contributed by atoms with van der Waals surface area (Å²) in [7, 11) is 0. The molecule has 0 unspecified atom stereocenters. The molecule has 0 radical (unpaired) electrons. The number of rotatable bonds is 2. The van der Waals surface area contributed by atoms with Crippen LogP contribution < -0.4 is 5.32 Å². The number of carbonyl (C=O) groups excluding carboxylic acids is 1. The maximum Gasteiger partial charge on any atom is 0.255 e. The van der Waals surface area contributed by atoms with Crippen molar-refractivity contribution >= 4 is 27.5 Å². The molecule has 0 aliphatic carbocycles. The number of amides is 1. The second kappa shape index (κ2) is 5.10. The van der Waals surface area contributed by atoms with E-state index in [9.17, 15) is 9.18 Å². The molecule has 0 aliphatic rings. The molecule has 2 aromatic carbocycles. The zero-order valence-electron chi connectivity index (χ0n) is 8.78. The third kappa shape index (κ3) is 3.14. The van der Waals surface area contributed by atoms with Crippen molar-refractivity contribution in [3.8, 4) is 0 Å². The average molecular weight is 294 g/mol. The Morgan fingerprint density at radius 1 is 1.12 bits per heavy atom. The summed E-state index contributed by atoms with van der Waals surface area (Å²) in [6, 6.07) is 12.7. The summed E-state index contributed by atoms with van der Waals surface area (Å²) < 4.78 is 13.8. The summed E-state index contributed by atoms with van der Waals surface area (Å²) in [6.45, 7) is 0. The van der Waals surface area contributed by atoms with Gasteiger partial charge in [-0.2, -0.15) is 0 Å². The number of hydrogen-bond acceptors (Lipinski definition) is 1. The molecule has 0 atom stereocenters. The van der Waals surface area contributed by atoms with Crippen LogP contribution >= 0.6 is 15.9 Å². The average Bonchev–Trinajstić information content (AvgIpc) is 2.29. The lowest BCUT2D eigenvalue weighted by Gasteiger charge is -2.05. The van der Waals surface area contributed by atoms with Gasteiger partial charge in [-0.15, -0.1) is 0 Å². The fourth-order valence-electron chi connectivity index (χ4n) is 1.37. The van der Waals surface area contributed by atoms with Crippen LogP contribution in [-0.4, -0.2) is 5.91 Å². The van der Waals surface area contributed by atoms with E-state index in [0.29, 0.717) is 11.3 Å². The SMILES string of the molecule is O=C(Nc1cccc(F)c1)c1ccc(Br)cc1. The normalized spacial score (nSPS) is 10.0. The summed E-state index contributed by atoms with van der Waals surface area (Å²) in [6.07, 6.45) is 0. The van der Waals surface area contributed by atoms with Crippen molar-refractivity contribution in [3.63, 3.8) is 0 Å². The summed E-state index contributed by atoms with van der Waals surface area (Å²) in [4.78, 5) is 11.8. The van der Waals surface area contributed by atoms with Gasteiger partial charge in [0.25, 0.3) is 5.91 Å². The molecule has 2 aromatic rings. The maximum absolute atomic E-state index is 12.9. The third-order valence-electron chi connectivity index (χ3n) is 2.19. The predicted octanol–water partition coefficient (Wildman–Crippen LogP) is 3.84. The molecule has 2 nitrogen and oxygen atoms in total. The molecule has 0 heterocycles. The van der Waals surface area contributed by atoms with Gasteiger partial charge in [-0.05, 0) is 42.5 Å². The maximum atomic E-state index is 12.9. The number of nitrogens with one attached hydrogen (secondary N) is 1. The molecule has 0 fully saturated rings.